The van der Waals surface area contributed by atoms with E-state index in [0.717, 1.165) is 46.7 Å². The van der Waals surface area contributed by atoms with Crippen molar-refractivity contribution in [3.63, 3.8) is 0 Å². The molecule has 0 spiro atoms. The molecule has 0 bridgehead atoms. The van der Waals surface area contributed by atoms with Crippen molar-refractivity contribution in [1.82, 2.24) is 6.15 Å². The Morgan fingerprint density at radius 1 is 1.00 bits per heavy atom. The third-order valence-electron chi connectivity index (χ3n) is 5.00. The minimum Gasteiger partial charge on any atom is -0.493 e. The van der Waals surface area contributed by atoms with E-state index in [-0.39, 0.29) is 6.15 Å². The number of hydrogen-bond donors (Lipinski definition) is 1. The van der Waals surface area contributed by atoms with Gasteiger partial charge in [-0.2, -0.15) is 4.57 Å². The summed E-state index contributed by atoms with van der Waals surface area (Å²) in [5.41, 5.74) is 3.68. The van der Waals surface area contributed by atoms with Crippen LogP contribution < -0.4 is 29.7 Å². The van der Waals surface area contributed by atoms with E-state index in [1.54, 1.807) is 14.2 Å². The lowest BCUT2D eigenvalue weighted by Gasteiger charge is -2.17. The number of aromatic nitrogens is 1. The summed E-state index contributed by atoms with van der Waals surface area (Å²) < 4.78 is 24.4. The second-order valence-corrected chi connectivity index (χ2v) is 6.27. The lowest BCUT2D eigenvalue weighted by Crippen LogP contribution is -2.40. The second kappa shape index (κ2) is 6.07. The predicted molar refractivity (Wildman–Crippen MR) is 97.5 cm³/mol. The zero-order valence-electron chi connectivity index (χ0n) is 14.9. The first-order chi connectivity index (χ1) is 12.3. The van der Waals surface area contributed by atoms with E-state index in [1.165, 1.54) is 16.8 Å². The fourth-order valence-electron chi connectivity index (χ4n) is 3.77. The third kappa shape index (κ3) is 2.26. The van der Waals surface area contributed by atoms with E-state index >= 15 is 0 Å². The average molecular weight is 353 g/mol. The number of hydrogen-bond acceptors (Lipinski definition) is 5. The van der Waals surface area contributed by atoms with Crippen LogP contribution in [0.15, 0.2) is 36.5 Å². The Kier molecular flexibility index (Phi) is 3.85. The zero-order chi connectivity index (χ0) is 17.0. The molecule has 3 N–H and O–H groups in total. The van der Waals surface area contributed by atoms with Crippen molar-refractivity contribution < 1.29 is 23.5 Å². The molecule has 6 nitrogen and oxygen atoms in total. The highest BCUT2D eigenvalue weighted by molar-refractivity contribution is 5.91. The molecule has 6 heteroatoms. The van der Waals surface area contributed by atoms with Gasteiger partial charge in [-0.25, -0.2) is 0 Å². The summed E-state index contributed by atoms with van der Waals surface area (Å²) in [7, 11) is 3.34. The molecule has 3 heterocycles. The van der Waals surface area contributed by atoms with Gasteiger partial charge in [0.05, 0.1) is 25.2 Å². The molecule has 0 unspecified atom stereocenters. The fraction of sp³-hybridized carbons (Fsp3) is 0.250. The Morgan fingerprint density at radius 2 is 1.81 bits per heavy atom. The van der Waals surface area contributed by atoms with Crippen LogP contribution in [0.5, 0.6) is 23.0 Å². The van der Waals surface area contributed by atoms with Gasteiger partial charge in [-0.1, -0.05) is 0 Å². The van der Waals surface area contributed by atoms with Crippen LogP contribution >= 0.6 is 0 Å². The van der Waals surface area contributed by atoms with Crippen LogP contribution in [0, 0.1) is 0 Å². The summed E-state index contributed by atoms with van der Waals surface area (Å²) in [5, 5.41) is 2.17. The molecule has 0 saturated heterocycles. The molecule has 1 aromatic heterocycles. The maximum absolute atomic E-state index is 5.60. The Bertz CT molecular complexity index is 1020. The van der Waals surface area contributed by atoms with Crippen LogP contribution in [-0.4, -0.2) is 21.0 Å². The van der Waals surface area contributed by atoms with Crippen molar-refractivity contribution >= 4 is 10.8 Å². The molecule has 0 atom stereocenters. The molecule has 5 rings (SSSR count). The van der Waals surface area contributed by atoms with Crippen LogP contribution in [0.1, 0.15) is 5.56 Å². The molecule has 2 aliphatic heterocycles. The Hall–Kier alpha value is -2.99. The number of pyridine rings is 1. The topological polar surface area (TPSA) is 75.8 Å². The van der Waals surface area contributed by atoms with Crippen LogP contribution in [0.4, 0.5) is 0 Å². The molecule has 0 radical (unpaired) electrons. The van der Waals surface area contributed by atoms with Crippen molar-refractivity contribution in [3.05, 3.63) is 42.1 Å². The third-order valence-corrected chi connectivity index (χ3v) is 5.00. The number of rotatable bonds is 2. The van der Waals surface area contributed by atoms with E-state index in [9.17, 15) is 0 Å². The molecule has 0 amide bonds. The van der Waals surface area contributed by atoms with E-state index in [4.69, 9.17) is 18.9 Å². The molecular weight excluding hydrogens is 332 g/mol. The molecule has 134 valence electrons. The highest BCUT2D eigenvalue weighted by atomic mass is 16.7. The van der Waals surface area contributed by atoms with Gasteiger partial charge in [0.25, 0.3) is 0 Å². The average Bonchev–Trinajstić information content (AvgIpc) is 3.11. The van der Waals surface area contributed by atoms with E-state index in [2.05, 4.69) is 35.0 Å². The van der Waals surface area contributed by atoms with Crippen LogP contribution in [-0.2, 0) is 13.0 Å². The summed E-state index contributed by atoms with van der Waals surface area (Å²) in [6.07, 6.45) is 3.11. The molecule has 0 aliphatic carbocycles. The zero-order valence-corrected chi connectivity index (χ0v) is 14.9. The Morgan fingerprint density at radius 3 is 2.58 bits per heavy atom. The molecule has 26 heavy (non-hydrogen) atoms. The summed E-state index contributed by atoms with van der Waals surface area (Å²) in [4.78, 5) is 0. The maximum Gasteiger partial charge on any atom is 0.231 e. The number of nitrogens with zero attached hydrogens (tertiary/aromatic N) is 1. The summed E-state index contributed by atoms with van der Waals surface area (Å²) in [6.45, 7) is 1.21. The normalized spacial score (nSPS) is 13.6. The SMILES string of the molecule is COc1ccc2cc3[n+](cc2c1OC)CCc1cc2c(cc1-3)OCO2.N. The number of benzene rings is 2. The summed E-state index contributed by atoms with van der Waals surface area (Å²) in [5.74, 6) is 3.18. The van der Waals surface area contributed by atoms with E-state index in [0.29, 0.717) is 6.79 Å². The van der Waals surface area contributed by atoms with Crippen molar-refractivity contribution in [2.75, 3.05) is 21.0 Å². The molecule has 0 fully saturated rings. The molecule has 2 aromatic carbocycles. The minimum atomic E-state index is 0. The molecule has 2 aliphatic rings. The quantitative estimate of drug-likeness (QED) is 0.716. The highest BCUT2D eigenvalue weighted by Gasteiger charge is 2.28. The first-order valence-corrected chi connectivity index (χ1v) is 8.29. The number of ether oxygens (including phenoxy) is 4. The summed E-state index contributed by atoms with van der Waals surface area (Å²) >= 11 is 0. The maximum atomic E-state index is 5.60. The van der Waals surface area contributed by atoms with Gasteiger partial charge in [-0.15, -0.1) is 0 Å². The number of aryl methyl sites for hydroxylation is 2. The monoisotopic (exact) mass is 353 g/mol. The largest absolute Gasteiger partial charge is 0.493 e. The van der Waals surface area contributed by atoms with Crippen molar-refractivity contribution in [2.24, 2.45) is 0 Å². The lowest BCUT2D eigenvalue weighted by molar-refractivity contribution is -0.686. The van der Waals surface area contributed by atoms with Gasteiger partial charge in [-0.05, 0) is 35.2 Å². The first-order valence-electron chi connectivity index (χ1n) is 8.29. The van der Waals surface area contributed by atoms with Gasteiger partial charge in [0.1, 0.15) is 0 Å². The van der Waals surface area contributed by atoms with E-state index in [1.807, 2.05) is 6.07 Å². The van der Waals surface area contributed by atoms with Crippen molar-refractivity contribution in [3.8, 4) is 34.3 Å². The molecular formula is C20H21N2O4+. The molecule has 0 saturated carbocycles. The van der Waals surface area contributed by atoms with Gasteiger partial charge in [0.2, 0.25) is 12.5 Å². The van der Waals surface area contributed by atoms with Crippen LogP contribution in [0.25, 0.3) is 22.0 Å². The van der Waals surface area contributed by atoms with E-state index < -0.39 is 0 Å². The number of methoxy groups -OCH3 is 2. The number of fused-ring (bicyclic) bond motifs is 5. The Balaban J connectivity index is 0.00000168. The predicted octanol–water partition coefficient (Wildman–Crippen LogP) is 3.26. The van der Waals surface area contributed by atoms with Crippen LogP contribution in [0.2, 0.25) is 0 Å². The lowest BCUT2D eigenvalue weighted by atomic mass is 9.95. The van der Waals surface area contributed by atoms with Crippen LogP contribution in [0.3, 0.4) is 0 Å². The van der Waals surface area contributed by atoms with Gasteiger partial charge in [-0.3, -0.25) is 0 Å². The van der Waals surface area contributed by atoms with Gasteiger partial charge < -0.3 is 25.1 Å². The van der Waals surface area contributed by atoms with Crippen molar-refractivity contribution in [1.29, 1.82) is 0 Å². The minimum absolute atomic E-state index is 0. The smallest absolute Gasteiger partial charge is 0.231 e. The highest BCUT2D eigenvalue weighted by Crippen LogP contribution is 2.41. The van der Waals surface area contributed by atoms with Crippen molar-refractivity contribution in [2.45, 2.75) is 13.0 Å². The van der Waals surface area contributed by atoms with Gasteiger partial charge >= 0.3 is 0 Å². The fourth-order valence-corrected chi connectivity index (χ4v) is 3.77. The van der Waals surface area contributed by atoms with Gasteiger partial charge in [0.15, 0.2) is 35.7 Å². The van der Waals surface area contributed by atoms with Gasteiger partial charge in [0, 0.05) is 12.5 Å². The Labute approximate surface area is 151 Å². The second-order valence-electron chi connectivity index (χ2n) is 6.27. The molecule has 3 aromatic rings. The summed E-state index contributed by atoms with van der Waals surface area (Å²) in [6, 6.07) is 10.4. The standard InChI is InChI=1S/C20H18NO4.H3N/c1-22-17-4-3-12-7-16-14-9-19-18(24-11-25-19)8-13(14)5-6-21(16)10-15(12)20(17)23-2;/h3-4,7-10H,5-6,11H2,1-2H3;1H3/q+1;. The first kappa shape index (κ1) is 16.5.